The Bertz CT molecular complexity index is 1070. The largest absolute Gasteiger partial charge is 0.459 e. The van der Waals surface area contributed by atoms with E-state index in [2.05, 4.69) is 6.92 Å². The number of hydrogen-bond donors (Lipinski definition) is 4. The van der Waals surface area contributed by atoms with Gasteiger partial charge in [0.2, 0.25) is 0 Å². The SMILES string of the molecule is C[C@@H]1OC(=O)[C@H](C)[C@]12C[C@H](O)[C@@](C)([C@@H]1CC[C@@]3(O)C4=CC(=O)[C@H]5C[C@@H](O)[C@@H](O)C[C@]5(C)[C@@H]4CC[C@]13C)O2. The molecule has 0 aromatic heterocycles. The highest BCUT2D eigenvalue weighted by atomic mass is 16.6. The summed E-state index contributed by atoms with van der Waals surface area (Å²) in [7, 11) is 0. The topological polar surface area (TPSA) is 134 Å². The molecule has 2 aliphatic heterocycles. The molecule has 0 unspecified atom stereocenters. The Labute approximate surface area is 218 Å². The first-order chi connectivity index (χ1) is 17.1. The van der Waals surface area contributed by atoms with Crippen LogP contribution in [-0.4, -0.2) is 73.4 Å². The molecule has 0 bridgehead atoms. The normalized spacial score (nSPS) is 59.1. The number of aliphatic hydroxyl groups excluding tert-OH is 3. The van der Waals surface area contributed by atoms with Crippen LogP contribution in [0.5, 0.6) is 0 Å². The Balaban J connectivity index is 1.37. The number of cyclic esters (lactones) is 1. The third kappa shape index (κ3) is 2.97. The minimum absolute atomic E-state index is 0.0661. The number of ether oxygens (including phenoxy) is 2. The Kier molecular flexibility index (Phi) is 5.37. The molecule has 1 spiro atoms. The van der Waals surface area contributed by atoms with E-state index < -0.39 is 58.0 Å². The number of aliphatic hydroxyl groups is 4. The van der Waals surface area contributed by atoms with Gasteiger partial charge in [0.1, 0.15) is 11.7 Å². The van der Waals surface area contributed by atoms with Gasteiger partial charge in [-0.3, -0.25) is 9.59 Å². The number of hydrogen-bond acceptors (Lipinski definition) is 8. The summed E-state index contributed by atoms with van der Waals surface area (Å²) in [6.07, 6.45) is 1.92. The van der Waals surface area contributed by atoms with Crippen LogP contribution in [0.2, 0.25) is 0 Å². The number of esters is 1. The maximum absolute atomic E-state index is 13.4. The van der Waals surface area contributed by atoms with Crippen LogP contribution in [-0.2, 0) is 19.1 Å². The first kappa shape index (κ1) is 25.9. The van der Waals surface area contributed by atoms with Crippen LogP contribution in [0.3, 0.4) is 0 Å². The van der Waals surface area contributed by atoms with Crippen molar-refractivity contribution in [1.82, 2.24) is 0 Å². The van der Waals surface area contributed by atoms with Gasteiger partial charge in [-0.15, -0.1) is 0 Å². The van der Waals surface area contributed by atoms with E-state index in [-0.39, 0.29) is 35.9 Å². The molecule has 2 heterocycles. The van der Waals surface area contributed by atoms with Crippen molar-refractivity contribution < 1.29 is 39.5 Å². The van der Waals surface area contributed by atoms with Crippen molar-refractivity contribution in [3.8, 4) is 0 Å². The van der Waals surface area contributed by atoms with Crippen LogP contribution in [0.1, 0.15) is 79.6 Å². The lowest BCUT2D eigenvalue weighted by molar-refractivity contribution is -0.203. The Morgan fingerprint density at radius 1 is 0.946 bits per heavy atom. The van der Waals surface area contributed by atoms with E-state index in [1.165, 1.54) is 0 Å². The Morgan fingerprint density at radius 3 is 2.30 bits per heavy atom. The van der Waals surface area contributed by atoms with Crippen molar-refractivity contribution in [2.24, 2.45) is 34.5 Å². The van der Waals surface area contributed by atoms with Gasteiger partial charge in [0.25, 0.3) is 0 Å². The standard InChI is InChI=1S/C29H42O8/c1-14-24(34)36-15(2)28(14)13-23(33)27(5,37-28)22-7-9-29(35)17-10-19(30)18-11-20(31)21(32)12-25(18,3)16(17)6-8-26(22,29)4/h10,14-16,18,20-23,31-33,35H,6-9,11-13H2,1-5H3/t14-,15-,16+,18+,20+,21-,22+,23-,25+,26+,27+,28+,29+/m0/s1. The van der Waals surface area contributed by atoms with Crippen molar-refractivity contribution in [2.75, 3.05) is 0 Å². The van der Waals surface area contributed by atoms with E-state index in [1.807, 2.05) is 20.8 Å². The highest BCUT2D eigenvalue weighted by Gasteiger charge is 2.73. The lowest BCUT2D eigenvalue weighted by atomic mass is 9.45. The zero-order chi connectivity index (χ0) is 26.9. The molecule has 4 N–H and O–H groups in total. The number of carbonyl (C=O) groups is 2. The van der Waals surface area contributed by atoms with Crippen molar-refractivity contribution in [3.63, 3.8) is 0 Å². The monoisotopic (exact) mass is 518 g/mol. The molecular weight excluding hydrogens is 476 g/mol. The molecule has 8 heteroatoms. The summed E-state index contributed by atoms with van der Waals surface area (Å²) in [5.41, 5.74) is -3.56. The molecule has 3 saturated carbocycles. The van der Waals surface area contributed by atoms with Crippen LogP contribution in [0.4, 0.5) is 0 Å². The number of allylic oxidation sites excluding steroid dienone is 1. The summed E-state index contributed by atoms with van der Waals surface area (Å²) in [6.45, 7) is 9.64. The second-order valence-electron chi connectivity index (χ2n) is 13.9. The highest BCUT2D eigenvalue weighted by Crippen LogP contribution is 2.70. The van der Waals surface area contributed by atoms with Gasteiger partial charge in [-0.1, -0.05) is 13.8 Å². The van der Waals surface area contributed by atoms with Gasteiger partial charge in [0, 0.05) is 17.8 Å². The van der Waals surface area contributed by atoms with Crippen molar-refractivity contribution in [2.45, 2.75) is 121 Å². The lowest BCUT2D eigenvalue weighted by Gasteiger charge is -2.60. The summed E-state index contributed by atoms with van der Waals surface area (Å²) in [5.74, 6) is -1.52. The van der Waals surface area contributed by atoms with Gasteiger partial charge in [-0.25, -0.2) is 0 Å². The van der Waals surface area contributed by atoms with E-state index in [4.69, 9.17) is 9.47 Å². The third-order valence-electron chi connectivity index (χ3n) is 12.5. The van der Waals surface area contributed by atoms with E-state index in [0.717, 1.165) is 12.0 Å². The minimum atomic E-state index is -1.24. The molecule has 8 nitrogen and oxygen atoms in total. The summed E-state index contributed by atoms with van der Waals surface area (Å²) in [6, 6.07) is 0. The minimum Gasteiger partial charge on any atom is -0.459 e. The first-order valence-corrected chi connectivity index (χ1v) is 14.1. The predicted molar refractivity (Wildman–Crippen MR) is 132 cm³/mol. The zero-order valence-corrected chi connectivity index (χ0v) is 22.6. The third-order valence-corrected chi connectivity index (χ3v) is 12.5. The van der Waals surface area contributed by atoms with Gasteiger partial charge in [0.15, 0.2) is 5.78 Å². The maximum atomic E-state index is 13.4. The molecule has 0 aromatic rings. The van der Waals surface area contributed by atoms with Gasteiger partial charge < -0.3 is 29.9 Å². The van der Waals surface area contributed by atoms with Crippen LogP contribution >= 0.6 is 0 Å². The molecule has 4 aliphatic carbocycles. The van der Waals surface area contributed by atoms with Crippen molar-refractivity contribution in [1.29, 1.82) is 0 Å². The van der Waals surface area contributed by atoms with E-state index in [1.54, 1.807) is 13.0 Å². The van der Waals surface area contributed by atoms with Crippen molar-refractivity contribution >= 4 is 11.8 Å². The van der Waals surface area contributed by atoms with Gasteiger partial charge in [-0.05, 0) is 88.2 Å². The molecule has 37 heavy (non-hydrogen) atoms. The lowest BCUT2D eigenvalue weighted by Crippen LogP contribution is -2.62. The molecule has 5 fully saturated rings. The Morgan fingerprint density at radius 2 is 1.65 bits per heavy atom. The van der Waals surface area contributed by atoms with E-state index in [9.17, 15) is 30.0 Å². The quantitative estimate of drug-likeness (QED) is 0.388. The van der Waals surface area contributed by atoms with Crippen LogP contribution in [0.25, 0.3) is 0 Å². The fraction of sp³-hybridized carbons (Fsp3) is 0.862. The van der Waals surface area contributed by atoms with Crippen molar-refractivity contribution in [3.05, 3.63) is 11.6 Å². The van der Waals surface area contributed by atoms with E-state index >= 15 is 0 Å². The average Bonchev–Trinajstić information content (AvgIpc) is 3.34. The van der Waals surface area contributed by atoms with E-state index in [0.29, 0.717) is 32.1 Å². The highest BCUT2D eigenvalue weighted by molar-refractivity contribution is 5.95. The molecule has 206 valence electrons. The second kappa shape index (κ2) is 7.66. The number of carbonyl (C=O) groups excluding carboxylic acids is 2. The van der Waals surface area contributed by atoms with Gasteiger partial charge >= 0.3 is 5.97 Å². The zero-order valence-electron chi connectivity index (χ0n) is 22.6. The fourth-order valence-corrected chi connectivity index (χ4v) is 10.1. The molecule has 2 saturated heterocycles. The summed E-state index contributed by atoms with van der Waals surface area (Å²) < 4.78 is 12.3. The molecule has 6 rings (SSSR count). The van der Waals surface area contributed by atoms with Crippen LogP contribution < -0.4 is 0 Å². The molecular formula is C29H42O8. The predicted octanol–water partition coefficient (Wildman–Crippen LogP) is 2.05. The first-order valence-electron chi connectivity index (χ1n) is 14.1. The molecule has 6 aliphatic rings. The number of ketones is 1. The average molecular weight is 519 g/mol. The molecule has 0 amide bonds. The fourth-order valence-electron chi connectivity index (χ4n) is 10.1. The Hall–Kier alpha value is -1.32. The van der Waals surface area contributed by atoms with Crippen LogP contribution in [0.15, 0.2) is 11.6 Å². The summed E-state index contributed by atoms with van der Waals surface area (Å²) >= 11 is 0. The molecule has 0 radical (unpaired) electrons. The molecule has 0 aromatic carbocycles. The molecule has 13 atom stereocenters. The summed E-state index contributed by atoms with van der Waals surface area (Å²) in [5, 5.41) is 44.8. The van der Waals surface area contributed by atoms with Crippen LogP contribution in [0, 0.1) is 34.5 Å². The summed E-state index contributed by atoms with van der Waals surface area (Å²) in [4.78, 5) is 25.8. The van der Waals surface area contributed by atoms with Gasteiger partial charge in [0.05, 0.1) is 35.4 Å². The second-order valence-corrected chi connectivity index (χ2v) is 13.9. The maximum Gasteiger partial charge on any atom is 0.312 e. The van der Waals surface area contributed by atoms with Gasteiger partial charge in [-0.2, -0.15) is 0 Å². The number of fused-ring (bicyclic) bond motifs is 5. The smallest absolute Gasteiger partial charge is 0.312 e. The number of rotatable bonds is 1.